The van der Waals surface area contributed by atoms with Gasteiger partial charge in [-0.2, -0.15) is 13.2 Å². The van der Waals surface area contributed by atoms with Crippen molar-refractivity contribution in [2.75, 3.05) is 0 Å². The zero-order valence-corrected chi connectivity index (χ0v) is 12.8. The SMILES string of the molecule is Cn1c(C(F)(F)F)cc(=O)n(-c2cc(C=O)c(Cl)cc2Cl)c1=O. The Balaban J connectivity index is 2.87. The Morgan fingerprint density at radius 1 is 1.09 bits per heavy atom. The Labute approximate surface area is 136 Å². The van der Waals surface area contributed by atoms with Crippen LogP contribution >= 0.6 is 23.2 Å². The van der Waals surface area contributed by atoms with Crippen LogP contribution in [-0.4, -0.2) is 15.4 Å². The number of aldehydes is 1. The highest BCUT2D eigenvalue weighted by Crippen LogP contribution is 2.28. The molecule has 0 atom stereocenters. The first-order chi connectivity index (χ1) is 10.6. The predicted octanol–water partition coefficient (Wildman–Crippen LogP) is 2.67. The first kappa shape index (κ1) is 17.3. The number of aromatic nitrogens is 2. The molecule has 0 unspecified atom stereocenters. The molecule has 2 aromatic rings. The first-order valence-corrected chi connectivity index (χ1v) is 6.68. The van der Waals surface area contributed by atoms with E-state index in [0.29, 0.717) is 10.9 Å². The molecule has 23 heavy (non-hydrogen) atoms. The molecule has 2 rings (SSSR count). The van der Waals surface area contributed by atoms with Gasteiger partial charge in [0.05, 0.1) is 15.7 Å². The minimum Gasteiger partial charge on any atom is -0.298 e. The number of rotatable bonds is 2. The molecule has 0 saturated carbocycles. The lowest BCUT2D eigenvalue weighted by atomic mass is 10.2. The summed E-state index contributed by atoms with van der Waals surface area (Å²) in [7, 11) is 0.867. The fourth-order valence-electron chi connectivity index (χ4n) is 1.93. The standard InChI is InChI=1S/C13H7Cl2F3N2O3/c1-19-10(13(16,17)18)4-11(22)20(12(19)23)9-2-6(5-21)7(14)3-8(9)15/h2-5H,1H3. The van der Waals surface area contributed by atoms with Crippen molar-refractivity contribution >= 4 is 29.5 Å². The van der Waals surface area contributed by atoms with Crippen molar-refractivity contribution in [2.24, 2.45) is 7.05 Å². The van der Waals surface area contributed by atoms with Crippen LogP contribution in [0, 0.1) is 0 Å². The lowest BCUT2D eigenvalue weighted by Crippen LogP contribution is -2.40. The van der Waals surface area contributed by atoms with E-state index in [1.807, 2.05) is 0 Å². The summed E-state index contributed by atoms with van der Waals surface area (Å²) in [5.41, 5.74) is -4.20. The maximum atomic E-state index is 12.8. The molecule has 0 aliphatic heterocycles. The molecule has 10 heteroatoms. The highest BCUT2D eigenvalue weighted by Gasteiger charge is 2.35. The smallest absolute Gasteiger partial charge is 0.298 e. The summed E-state index contributed by atoms with van der Waals surface area (Å²) in [6, 6.07) is 2.44. The largest absolute Gasteiger partial charge is 0.431 e. The number of hydrogen-bond donors (Lipinski definition) is 0. The van der Waals surface area contributed by atoms with Crippen molar-refractivity contribution < 1.29 is 18.0 Å². The number of carbonyl (C=O) groups excluding carboxylic acids is 1. The third-order valence-corrected chi connectivity index (χ3v) is 3.67. The van der Waals surface area contributed by atoms with E-state index < -0.39 is 23.1 Å². The molecule has 1 aromatic carbocycles. The van der Waals surface area contributed by atoms with E-state index in [-0.39, 0.29) is 31.9 Å². The van der Waals surface area contributed by atoms with Crippen LogP contribution in [0.15, 0.2) is 27.8 Å². The number of nitrogens with zero attached hydrogens (tertiary/aromatic N) is 2. The molecule has 0 amide bonds. The quantitative estimate of drug-likeness (QED) is 0.767. The second kappa shape index (κ2) is 5.86. The van der Waals surface area contributed by atoms with Crippen LogP contribution in [0.4, 0.5) is 13.2 Å². The molecular weight excluding hydrogens is 360 g/mol. The Kier molecular flexibility index (Phi) is 4.41. The molecule has 0 aliphatic rings. The predicted molar refractivity (Wildman–Crippen MR) is 77.7 cm³/mol. The monoisotopic (exact) mass is 366 g/mol. The van der Waals surface area contributed by atoms with Gasteiger partial charge in [-0.3, -0.25) is 14.2 Å². The van der Waals surface area contributed by atoms with Gasteiger partial charge in [0.2, 0.25) is 0 Å². The molecule has 0 bridgehead atoms. The number of halogens is 5. The van der Waals surface area contributed by atoms with Crippen LogP contribution in [0.3, 0.4) is 0 Å². The van der Waals surface area contributed by atoms with Crippen LogP contribution < -0.4 is 11.2 Å². The van der Waals surface area contributed by atoms with Gasteiger partial charge in [-0.15, -0.1) is 0 Å². The van der Waals surface area contributed by atoms with Gasteiger partial charge in [-0.25, -0.2) is 9.36 Å². The van der Waals surface area contributed by atoms with Crippen molar-refractivity contribution in [3.05, 3.63) is 60.3 Å². The normalized spacial score (nSPS) is 11.6. The molecule has 0 radical (unpaired) electrons. The third-order valence-electron chi connectivity index (χ3n) is 3.04. The van der Waals surface area contributed by atoms with Crippen LogP contribution in [-0.2, 0) is 13.2 Å². The third kappa shape index (κ3) is 3.04. The zero-order valence-electron chi connectivity index (χ0n) is 11.3. The lowest BCUT2D eigenvalue weighted by Gasteiger charge is -2.15. The average molecular weight is 367 g/mol. The molecular formula is C13H7Cl2F3N2O3. The molecule has 5 nitrogen and oxygen atoms in total. The van der Waals surface area contributed by atoms with Crippen molar-refractivity contribution in [2.45, 2.75) is 6.18 Å². The van der Waals surface area contributed by atoms with Gasteiger partial charge in [-0.05, 0) is 12.1 Å². The zero-order chi connectivity index (χ0) is 17.5. The first-order valence-electron chi connectivity index (χ1n) is 5.92. The van der Waals surface area contributed by atoms with Gasteiger partial charge < -0.3 is 0 Å². The fourth-order valence-corrected chi connectivity index (χ4v) is 2.45. The molecule has 0 spiro atoms. The summed E-state index contributed by atoms with van der Waals surface area (Å²) < 4.78 is 39.1. The van der Waals surface area contributed by atoms with Crippen molar-refractivity contribution in [1.82, 2.24) is 9.13 Å². The number of benzene rings is 1. The van der Waals surface area contributed by atoms with E-state index in [1.165, 1.54) is 0 Å². The number of alkyl halides is 3. The Hall–Kier alpha value is -2.06. The van der Waals surface area contributed by atoms with Crippen LogP contribution in [0.2, 0.25) is 10.0 Å². The highest BCUT2D eigenvalue weighted by molar-refractivity contribution is 6.37. The van der Waals surface area contributed by atoms with Gasteiger partial charge in [0.25, 0.3) is 5.56 Å². The summed E-state index contributed by atoms with van der Waals surface area (Å²) in [6.45, 7) is 0. The lowest BCUT2D eigenvalue weighted by molar-refractivity contribution is -0.144. The van der Waals surface area contributed by atoms with Crippen molar-refractivity contribution in [3.63, 3.8) is 0 Å². The summed E-state index contributed by atoms with van der Waals surface area (Å²) in [4.78, 5) is 35.0. The molecule has 0 fully saturated rings. The van der Waals surface area contributed by atoms with Crippen molar-refractivity contribution in [1.29, 1.82) is 0 Å². The van der Waals surface area contributed by atoms with Crippen LogP contribution in [0.25, 0.3) is 5.69 Å². The maximum Gasteiger partial charge on any atom is 0.431 e. The van der Waals surface area contributed by atoms with Gasteiger partial charge in [0.15, 0.2) is 6.29 Å². The Bertz CT molecular complexity index is 916. The number of carbonyl (C=O) groups is 1. The van der Waals surface area contributed by atoms with Crippen molar-refractivity contribution in [3.8, 4) is 5.69 Å². The van der Waals surface area contributed by atoms with E-state index in [4.69, 9.17) is 23.2 Å². The topological polar surface area (TPSA) is 61.1 Å². The average Bonchev–Trinajstić information content (AvgIpc) is 2.44. The Morgan fingerprint density at radius 2 is 1.70 bits per heavy atom. The highest BCUT2D eigenvalue weighted by atomic mass is 35.5. The van der Waals surface area contributed by atoms with E-state index >= 15 is 0 Å². The summed E-state index contributed by atoms with van der Waals surface area (Å²) in [5, 5.41) is -0.190. The van der Waals surface area contributed by atoms with E-state index in [9.17, 15) is 27.6 Å². The minimum atomic E-state index is -4.87. The van der Waals surface area contributed by atoms with Gasteiger partial charge >= 0.3 is 11.9 Å². The second-order valence-electron chi connectivity index (χ2n) is 4.49. The summed E-state index contributed by atoms with van der Waals surface area (Å²) in [6.07, 6.45) is -4.51. The fraction of sp³-hybridized carbons (Fsp3) is 0.154. The second-order valence-corrected chi connectivity index (χ2v) is 5.30. The summed E-state index contributed by atoms with van der Waals surface area (Å²) in [5.74, 6) is 0. The summed E-state index contributed by atoms with van der Waals surface area (Å²) >= 11 is 11.6. The molecule has 122 valence electrons. The molecule has 1 aromatic heterocycles. The van der Waals surface area contributed by atoms with Crippen LogP contribution in [0.1, 0.15) is 16.1 Å². The molecule has 1 heterocycles. The van der Waals surface area contributed by atoms with E-state index in [0.717, 1.165) is 19.2 Å². The molecule has 0 aliphatic carbocycles. The molecule has 0 N–H and O–H groups in total. The van der Waals surface area contributed by atoms with E-state index in [2.05, 4.69) is 0 Å². The Morgan fingerprint density at radius 3 is 2.22 bits per heavy atom. The van der Waals surface area contributed by atoms with E-state index in [1.54, 1.807) is 0 Å². The van der Waals surface area contributed by atoms with Gasteiger partial charge in [0, 0.05) is 18.7 Å². The van der Waals surface area contributed by atoms with Gasteiger partial charge in [0.1, 0.15) is 5.69 Å². The molecule has 0 saturated heterocycles. The van der Waals surface area contributed by atoms with Crippen LogP contribution in [0.5, 0.6) is 0 Å². The minimum absolute atomic E-state index is 0.0227. The maximum absolute atomic E-state index is 12.8. The van der Waals surface area contributed by atoms with Gasteiger partial charge in [-0.1, -0.05) is 23.2 Å². The number of hydrogen-bond acceptors (Lipinski definition) is 3.